The number of rotatable bonds is 8. The number of carbonyl (C=O) groups excluding carboxylic acids is 10. The van der Waals surface area contributed by atoms with Crippen LogP contribution in [0.1, 0.15) is 159 Å². The van der Waals surface area contributed by atoms with Gasteiger partial charge in [0.1, 0.15) is 0 Å². The number of ketones is 10. The van der Waals surface area contributed by atoms with Gasteiger partial charge in [-0.15, -0.1) is 0 Å². The number of hydrogen-bond donors (Lipinski definition) is 4. The van der Waals surface area contributed by atoms with E-state index < -0.39 is 57.8 Å². The number of anilines is 8. The number of benzene rings is 10. The molecular formula is C70H36N4O10. The lowest BCUT2D eigenvalue weighted by atomic mass is 9.79. The van der Waals surface area contributed by atoms with Gasteiger partial charge in [-0.3, -0.25) is 47.9 Å². The van der Waals surface area contributed by atoms with E-state index in [2.05, 4.69) is 21.3 Å². The second-order valence-electron chi connectivity index (χ2n) is 20.7. The molecule has 14 heteroatoms. The minimum absolute atomic E-state index is 0.0148. The first-order valence-corrected chi connectivity index (χ1v) is 26.6. The Labute approximate surface area is 475 Å². The van der Waals surface area contributed by atoms with Gasteiger partial charge in [-0.1, -0.05) is 146 Å². The molecule has 0 unspecified atom stereocenters. The van der Waals surface area contributed by atoms with Crippen LogP contribution in [0.5, 0.6) is 0 Å². The number of nitrogens with one attached hydrogen (secondary N) is 4. The minimum atomic E-state index is -0.780. The van der Waals surface area contributed by atoms with Crippen LogP contribution in [-0.4, -0.2) is 57.8 Å². The summed E-state index contributed by atoms with van der Waals surface area (Å²) in [5.41, 5.74) is 1.79. The second kappa shape index (κ2) is 18.3. The molecule has 5 aliphatic rings. The van der Waals surface area contributed by atoms with Crippen molar-refractivity contribution in [3.8, 4) is 0 Å². The fraction of sp³-hybridized carbons (Fsp3) is 0. The Hall–Kier alpha value is -11.9. The third-order valence-electron chi connectivity index (χ3n) is 16.2. The first-order chi connectivity index (χ1) is 40.9. The van der Waals surface area contributed by atoms with Crippen molar-refractivity contribution in [2.75, 3.05) is 21.3 Å². The normalized spacial score (nSPS) is 14.0. The molecule has 15 rings (SSSR count). The Balaban J connectivity index is 0.943. The quantitative estimate of drug-likeness (QED) is 0.111. The van der Waals surface area contributed by atoms with Crippen molar-refractivity contribution in [3.63, 3.8) is 0 Å². The first-order valence-electron chi connectivity index (χ1n) is 26.6. The highest BCUT2D eigenvalue weighted by molar-refractivity contribution is 6.38. The van der Waals surface area contributed by atoms with E-state index in [0.717, 1.165) is 0 Å². The molecule has 14 nitrogen and oxygen atoms in total. The van der Waals surface area contributed by atoms with Crippen molar-refractivity contribution in [1.29, 1.82) is 0 Å². The van der Waals surface area contributed by atoms with Gasteiger partial charge >= 0.3 is 0 Å². The van der Waals surface area contributed by atoms with Gasteiger partial charge in [0, 0.05) is 66.8 Å². The van der Waals surface area contributed by atoms with E-state index in [1.54, 1.807) is 146 Å². The summed E-state index contributed by atoms with van der Waals surface area (Å²) >= 11 is 0. The zero-order valence-electron chi connectivity index (χ0n) is 43.6. The van der Waals surface area contributed by atoms with Crippen LogP contribution in [0.2, 0.25) is 0 Å². The molecule has 0 aliphatic heterocycles. The van der Waals surface area contributed by atoms with Crippen molar-refractivity contribution in [3.05, 3.63) is 305 Å². The third-order valence-corrected chi connectivity index (χ3v) is 16.2. The first kappa shape index (κ1) is 49.2. The van der Waals surface area contributed by atoms with E-state index in [0.29, 0.717) is 0 Å². The molecule has 0 saturated heterocycles. The van der Waals surface area contributed by atoms with Gasteiger partial charge in [0.05, 0.1) is 90.0 Å². The van der Waals surface area contributed by atoms with Gasteiger partial charge < -0.3 is 21.3 Å². The molecule has 84 heavy (non-hydrogen) atoms. The maximum atomic E-state index is 16.4. The highest BCUT2D eigenvalue weighted by Gasteiger charge is 2.42. The van der Waals surface area contributed by atoms with Gasteiger partial charge in [0.2, 0.25) is 0 Å². The van der Waals surface area contributed by atoms with Gasteiger partial charge in [0.25, 0.3) is 0 Å². The Kier molecular flexibility index (Phi) is 10.7. The molecule has 0 radical (unpaired) electrons. The van der Waals surface area contributed by atoms with Crippen LogP contribution < -0.4 is 21.3 Å². The van der Waals surface area contributed by atoms with E-state index in [-0.39, 0.29) is 157 Å². The van der Waals surface area contributed by atoms with E-state index in [1.165, 1.54) is 48.5 Å². The molecule has 0 bridgehead atoms. The Morgan fingerprint density at radius 3 is 0.512 bits per heavy atom. The molecule has 0 amide bonds. The predicted molar refractivity (Wildman–Crippen MR) is 312 cm³/mol. The summed E-state index contributed by atoms with van der Waals surface area (Å²) in [5, 5.41) is 13.1. The van der Waals surface area contributed by atoms with Crippen LogP contribution in [0.25, 0.3) is 0 Å². The monoisotopic (exact) mass is 1090 g/mol. The maximum Gasteiger partial charge on any atom is 0.198 e. The number of fused-ring (bicyclic) bond motifs is 10. The smallest absolute Gasteiger partial charge is 0.198 e. The van der Waals surface area contributed by atoms with Crippen molar-refractivity contribution >= 4 is 103 Å². The van der Waals surface area contributed by atoms with Crippen molar-refractivity contribution < 1.29 is 47.9 Å². The highest BCUT2D eigenvalue weighted by Crippen LogP contribution is 2.47. The van der Waals surface area contributed by atoms with Crippen molar-refractivity contribution in [2.45, 2.75) is 0 Å². The SMILES string of the molecule is O=C1c2ccccc2C(=O)c2c(Nc3ccc(Nc4cccc5c4C(=O)c4ccccc4C5=O)c4c3C(=O)c3c(Nc5cccc6c5C(=O)c5ccccc5C6=O)ccc(Nc5cccc6c5C(=O)c5ccccc5C6=O)c3C4=O)cccc21. The summed E-state index contributed by atoms with van der Waals surface area (Å²) in [5.74, 6) is -5.01. The fourth-order valence-electron chi connectivity index (χ4n) is 12.4. The molecule has 396 valence electrons. The summed E-state index contributed by atoms with van der Waals surface area (Å²) in [6.45, 7) is 0. The molecule has 0 heterocycles. The molecule has 0 aromatic heterocycles. The summed E-state index contributed by atoms with van der Waals surface area (Å²) in [4.78, 5) is 147. The van der Waals surface area contributed by atoms with E-state index in [4.69, 9.17) is 0 Å². The van der Waals surface area contributed by atoms with Crippen molar-refractivity contribution in [2.24, 2.45) is 0 Å². The summed E-state index contributed by atoms with van der Waals surface area (Å²) in [6.07, 6.45) is 0. The summed E-state index contributed by atoms with van der Waals surface area (Å²) in [6, 6.07) is 50.6. The van der Waals surface area contributed by atoms with Gasteiger partial charge in [-0.2, -0.15) is 0 Å². The van der Waals surface area contributed by atoms with Crippen LogP contribution in [-0.2, 0) is 0 Å². The van der Waals surface area contributed by atoms with Crippen LogP contribution in [0.15, 0.2) is 194 Å². The lowest BCUT2D eigenvalue weighted by Gasteiger charge is -2.29. The third kappa shape index (κ3) is 7.04. The molecule has 10 aromatic carbocycles. The zero-order valence-corrected chi connectivity index (χ0v) is 43.6. The van der Waals surface area contributed by atoms with E-state index in [1.807, 2.05) is 0 Å². The predicted octanol–water partition coefficient (Wildman–Crippen LogP) is 12.5. The largest absolute Gasteiger partial charge is 0.354 e. The lowest BCUT2D eigenvalue weighted by Crippen LogP contribution is -2.27. The maximum absolute atomic E-state index is 16.4. The lowest BCUT2D eigenvalue weighted by molar-refractivity contribution is 0.0979. The second-order valence-corrected chi connectivity index (χ2v) is 20.7. The molecule has 4 N–H and O–H groups in total. The van der Waals surface area contributed by atoms with Crippen LogP contribution in [0.3, 0.4) is 0 Å². The van der Waals surface area contributed by atoms with E-state index in [9.17, 15) is 38.4 Å². The Morgan fingerprint density at radius 1 is 0.143 bits per heavy atom. The highest BCUT2D eigenvalue weighted by atomic mass is 16.2. The van der Waals surface area contributed by atoms with E-state index >= 15 is 9.59 Å². The van der Waals surface area contributed by atoms with Crippen molar-refractivity contribution in [1.82, 2.24) is 0 Å². The molecule has 0 fully saturated rings. The Morgan fingerprint density at radius 2 is 0.310 bits per heavy atom. The number of carbonyl (C=O) groups is 10. The Bertz CT molecular complexity index is 4290. The van der Waals surface area contributed by atoms with Crippen LogP contribution in [0, 0.1) is 0 Å². The molecule has 0 atom stereocenters. The van der Waals surface area contributed by atoms with Gasteiger partial charge in [-0.25, -0.2) is 0 Å². The van der Waals surface area contributed by atoms with Gasteiger partial charge in [0.15, 0.2) is 57.8 Å². The molecular weight excluding hydrogens is 1060 g/mol. The molecule has 10 aromatic rings. The van der Waals surface area contributed by atoms with Gasteiger partial charge in [-0.05, 0) is 48.5 Å². The zero-order chi connectivity index (χ0) is 57.4. The van der Waals surface area contributed by atoms with Crippen LogP contribution in [0.4, 0.5) is 45.5 Å². The molecule has 0 saturated carbocycles. The molecule has 0 spiro atoms. The fourth-order valence-corrected chi connectivity index (χ4v) is 12.4. The molecule has 5 aliphatic carbocycles. The topological polar surface area (TPSA) is 219 Å². The summed E-state index contributed by atoms with van der Waals surface area (Å²) < 4.78 is 0. The van der Waals surface area contributed by atoms with Crippen LogP contribution >= 0.6 is 0 Å². The average molecular weight is 1090 g/mol. The summed E-state index contributed by atoms with van der Waals surface area (Å²) in [7, 11) is 0. The average Bonchev–Trinajstić information content (AvgIpc) is 1.42. The standard InChI is InChI=1S/C70H36N4O10/c75-61-33-13-1-5-17-37(33)65(79)53-41(61)21-9-25-45(53)71-49-29-30-50(72-46-26-10-22-42-54(46)66(80)38-18-6-2-14-34(38)62(42)76)58-57(49)69(83)59-51(73-47-27-11-23-43-55(47)67(81)39-19-7-3-15-35(39)63(43)77)31-32-52(60(59)70(58)84)74-48-28-12-24-44-56(48)68(82)40-20-8-4-16-36(40)64(44)78/h1-32,71-74H. The minimum Gasteiger partial charge on any atom is -0.354 e. The number of hydrogen-bond acceptors (Lipinski definition) is 14.